The van der Waals surface area contributed by atoms with Crippen molar-refractivity contribution in [3.05, 3.63) is 60.1 Å². The SMILES string of the molecule is C=C/C=C\c1cc(-c2n[nH]c3cnc(C4=CCNCC4)cc23)[nH]c1C. The predicted molar refractivity (Wildman–Crippen MR) is 103 cm³/mol. The molecule has 3 N–H and O–H groups in total. The zero-order chi connectivity index (χ0) is 17.2. The normalized spacial score (nSPS) is 15.0. The second-order valence-corrected chi connectivity index (χ2v) is 6.23. The molecule has 0 fully saturated rings. The van der Waals surface area contributed by atoms with E-state index >= 15 is 0 Å². The number of hydrogen-bond acceptors (Lipinski definition) is 3. The average Bonchev–Trinajstić information content (AvgIpc) is 3.23. The van der Waals surface area contributed by atoms with E-state index in [1.807, 2.05) is 18.3 Å². The number of aromatic amines is 2. The lowest BCUT2D eigenvalue weighted by molar-refractivity contribution is 0.737. The van der Waals surface area contributed by atoms with E-state index in [4.69, 9.17) is 0 Å². The molecule has 1 aliphatic rings. The Morgan fingerprint density at radius 1 is 1.28 bits per heavy atom. The Morgan fingerprint density at radius 2 is 2.20 bits per heavy atom. The number of H-pyrrole nitrogens is 2. The van der Waals surface area contributed by atoms with E-state index in [1.165, 1.54) is 5.57 Å². The van der Waals surface area contributed by atoms with Gasteiger partial charge in [-0.1, -0.05) is 30.9 Å². The third-order valence-electron chi connectivity index (χ3n) is 4.56. The van der Waals surface area contributed by atoms with Crippen molar-refractivity contribution in [3.63, 3.8) is 0 Å². The van der Waals surface area contributed by atoms with E-state index in [0.717, 1.165) is 58.8 Å². The van der Waals surface area contributed by atoms with Crippen molar-refractivity contribution in [3.8, 4) is 11.4 Å². The highest BCUT2D eigenvalue weighted by Crippen LogP contribution is 2.29. The van der Waals surface area contributed by atoms with Gasteiger partial charge in [0.1, 0.15) is 5.69 Å². The number of nitrogens with one attached hydrogen (secondary N) is 3. The van der Waals surface area contributed by atoms with Gasteiger partial charge in [0.15, 0.2) is 0 Å². The fourth-order valence-corrected chi connectivity index (χ4v) is 3.20. The summed E-state index contributed by atoms with van der Waals surface area (Å²) in [6.45, 7) is 7.69. The highest BCUT2D eigenvalue weighted by Gasteiger charge is 2.14. The summed E-state index contributed by atoms with van der Waals surface area (Å²) >= 11 is 0. The summed E-state index contributed by atoms with van der Waals surface area (Å²) < 4.78 is 0. The summed E-state index contributed by atoms with van der Waals surface area (Å²) in [4.78, 5) is 8.04. The molecule has 0 spiro atoms. The smallest absolute Gasteiger partial charge is 0.116 e. The van der Waals surface area contributed by atoms with Crippen molar-refractivity contribution in [1.82, 2.24) is 25.5 Å². The number of nitrogens with zero attached hydrogens (tertiary/aromatic N) is 2. The summed E-state index contributed by atoms with van der Waals surface area (Å²) in [5, 5.41) is 12.0. The molecule has 0 saturated heterocycles. The molecule has 0 aromatic carbocycles. The van der Waals surface area contributed by atoms with E-state index in [-0.39, 0.29) is 0 Å². The summed E-state index contributed by atoms with van der Waals surface area (Å²) in [7, 11) is 0. The van der Waals surface area contributed by atoms with Crippen molar-refractivity contribution in [2.75, 3.05) is 13.1 Å². The third-order valence-corrected chi connectivity index (χ3v) is 4.56. The van der Waals surface area contributed by atoms with Crippen molar-refractivity contribution < 1.29 is 0 Å². The van der Waals surface area contributed by atoms with Gasteiger partial charge in [-0.05, 0) is 43.2 Å². The van der Waals surface area contributed by atoms with E-state index in [2.05, 4.69) is 57.2 Å². The predicted octanol–water partition coefficient (Wildman–Crippen LogP) is 3.84. The van der Waals surface area contributed by atoms with Gasteiger partial charge >= 0.3 is 0 Å². The Morgan fingerprint density at radius 3 is 3.00 bits per heavy atom. The van der Waals surface area contributed by atoms with Crippen LogP contribution in [0, 0.1) is 6.92 Å². The van der Waals surface area contributed by atoms with Crippen LogP contribution in [0.1, 0.15) is 23.4 Å². The molecule has 126 valence electrons. The van der Waals surface area contributed by atoms with Crippen LogP contribution in [0.25, 0.3) is 33.9 Å². The van der Waals surface area contributed by atoms with Crippen LogP contribution in [0.4, 0.5) is 0 Å². The van der Waals surface area contributed by atoms with Crippen LogP contribution in [0.15, 0.2) is 43.1 Å². The minimum atomic E-state index is 0.905. The van der Waals surface area contributed by atoms with Crippen LogP contribution >= 0.6 is 0 Å². The fraction of sp³-hybridized carbons (Fsp3) is 0.200. The second kappa shape index (κ2) is 6.53. The molecule has 25 heavy (non-hydrogen) atoms. The number of hydrogen-bond donors (Lipinski definition) is 3. The van der Waals surface area contributed by atoms with E-state index < -0.39 is 0 Å². The largest absolute Gasteiger partial charge is 0.357 e. The zero-order valence-electron chi connectivity index (χ0n) is 14.3. The monoisotopic (exact) mass is 331 g/mol. The average molecular weight is 331 g/mol. The molecular formula is C20H21N5. The lowest BCUT2D eigenvalue weighted by Gasteiger charge is -2.13. The first-order valence-electron chi connectivity index (χ1n) is 8.49. The van der Waals surface area contributed by atoms with Crippen molar-refractivity contribution >= 4 is 22.6 Å². The molecule has 3 aromatic rings. The van der Waals surface area contributed by atoms with Gasteiger partial charge in [0.2, 0.25) is 0 Å². The minimum absolute atomic E-state index is 0.905. The first kappa shape index (κ1) is 15.6. The van der Waals surface area contributed by atoms with Crippen LogP contribution in [-0.2, 0) is 0 Å². The third kappa shape index (κ3) is 2.94. The van der Waals surface area contributed by atoms with Gasteiger partial charge in [0, 0.05) is 17.6 Å². The molecule has 0 radical (unpaired) electrons. The molecule has 0 atom stereocenters. The molecule has 5 nitrogen and oxygen atoms in total. The maximum absolute atomic E-state index is 4.60. The topological polar surface area (TPSA) is 69.4 Å². The lowest BCUT2D eigenvalue weighted by atomic mass is 10.0. The highest BCUT2D eigenvalue weighted by atomic mass is 15.1. The molecule has 0 amide bonds. The standard InChI is InChI=1S/C20H21N5/c1-3-4-5-15-10-18(23-13(15)2)20-16-11-17(14-6-8-21-9-7-14)22-12-19(16)24-25-20/h3-6,10-12,21,23H,1,7-9H2,2H3,(H,24,25)/b5-4-. The minimum Gasteiger partial charge on any atom is -0.357 e. The first-order valence-corrected chi connectivity index (χ1v) is 8.49. The number of pyridine rings is 1. The van der Waals surface area contributed by atoms with Crippen molar-refractivity contribution in [1.29, 1.82) is 0 Å². The number of aromatic nitrogens is 4. The van der Waals surface area contributed by atoms with Crippen molar-refractivity contribution in [2.24, 2.45) is 0 Å². The van der Waals surface area contributed by atoms with Gasteiger partial charge in [-0.15, -0.1) is 0 Å². The van der Waals surface area contributed by atoms with Crippen molar-refractivity contribution in [2.45, 2.75) is 13.3 Å². The van der Waals surface area contributed by atoms with Crippen LogP contribution in [-0.4, -0.2) is 33.3 Å². The van der Waals surface area contributed by atoms with E-state index in [1.54, 1.807) is 6.08 Å². The quantitative estimate of drug-likeness (QED) is 0.636. The molecule has 4 rings (SSSR count). The van der Waals surface area contributed by atoms with Crippen LogP contribution in [0.5, 0.6) is 0 Å². The molecule has 5 heteroatoms. The Labute approximate surface area is 146 Å². The van der Waals surface area contributed by atoms with Gasteiger partial charge < -0.3 is 10.3 Å². The Bertz CT molecular complexity index is 987. The first-order chi connectivity index (χ1) is 12.3. The van der Waals surface area contributed by atoms with Crippen LogP contribution in [0.2, 0.25) is 0 Å². The summed E-state index contributed by atoms with van der Waals surface area (Å²) in [5.41, 5.74) is 7.46. The van der Waals surface area contributed by atoms with Crippen LogP contribution in [0.3, 0.4) is 0 Å². The maximum atomic E-state index is 4.60. The van der Waals surface area contributed by atoms with Crippen LogP contribution < -0.4 is 5.32 Å². The molecule has 1 aliphatic heterocycles. The molecule has 0 saturated carbocycles. The molecule has 3 aromatic heterocycles. The van der Waals surface area contributed by atoms with Gasteiger partial charge in [-0.2, -0.15) is 5.10 Å². The maximum Gasteiger partial charge on any atom is 0.116 e. The van der Waals surface area contributed by atoms with Gasteiger partial charge in [0.05, 0.1) is 23.1 Å². The molecule has 4 heterocycles. The number of aryl methyl sites for hydroxylation is 1. The molecular weight excluding hydrogens is 310 g/mol. The number of rotatable bonds is 4. The molecule has 0 aliphatic carbocycles. The molecule has 0 bridgehead atoms. The number of allylic oxidation sites excluding steroid dienone is 2. The Kier molecular flexibility index (Phi) is 4.07. The van der Waals surface area contributed by atoms with Gasteiger partial charge in [-0.25, -0.2) is 0 Å². The second-order valence-electron chi connectivity index (χ2n) is 6.23. The summed E-state index contributed by atoms with van der Waals surface area (Å²) in [6, 6.07) is 4.26. The van der Waals surface area contributed by atoms with Gasteiger partial charge in [0.25, 0.3) is 0 Å². The Balaban J connectivity index is 1.78. The lowest BCUT2D eigenvalue weighted by Crippen LogP contribution is -2.20. The highest BCUT2D eigenvalue weighted by molar-refractivity contribution is 5.93. The van der Waals surface area contributed by atoms with E-state index in [9.17, 15) is 0 Å². The zero-order valence-corrected chi connectivity index (χ0v) is 14.3. The number of fused-ring (bicyclic) bond motifs is 1. The summed E-state index contributed by atoms with van der Waals surface area (Å²) in [6.07, 6.45) is 10.9. The molecule has 0 unspecified atom stereocenters. The Hall–Kier alpha value is -2.92. The van der Waals surface area contributed by atoms with Gasteiger partial charge in [-0.3, -0.25) is 10.1 Å². The summed E-state index contributed by atoms with van der Waals surface area (Å²) in [5.74, 6) is 0. The van der Waals surface area contributed by atoms with E-state index in [0.29, 0.717) is 0 Å². The fourth-order valence-electron chi connectivity index (χ4n) is 3.20.